The first-order valence-corrected chi connectivity index (χ1v) is 6.32. The zero-order valence-corrected chi connectivity index (χ0v) is 10.4. The minimum absolute atomic E-state index is 0.0648. The fourth-order valence-corrected chi connectivity index (χ4v) is 2.64. The number of fused-ring (bicyclic) bond motifs is 1. The van der Waals surface area contributed by atoms with E-state index in [-0.39, 0.29) is 11.5 Å². The van der Waals surface area contributed by atoms with Gasteiger partial charge in [0.1, 0.15) is 0 Å². The molecule has 2 aromatic rings. The lowest BCUT2D eigenvalue weighted by Gasteiger charge is -2.20. The van der Waals surface area contributed by atoms with E-state index in [4.69, 9.17) is 0 Å². The number of hydrogen-bond acceptors (Lipinski definition) is 2. The Hall–Kier alpha value is -1.81. The van der Waals surface area contributed by atoms with Gasteiger partial charge in [-0.3, -0.25) is 14.6 Å². The highest BCUT2D eigenvalue weighted by Gasteiger charge is 2.23. The highest BCUT2D eigenvalue weighted by molar-refractivity contribution is 5.26. The molecule has 1 atom stereocenters. The second-order valence-corrected chi connectivity index (χ2v) is 4.90. The molecule has 0 radical (unpaired) electrons. The number of rotatable bonds is 2. The molecule has 1 aromatic carbocycles. The molecule has 4 nitrogen and oxygen atoms in total. The second kappa shape index (κ2) is 4.46. The van der Waals surface area contributed by atoms with Gasteiger partial charge in [0.15, 0.2) is 0 Å². The molecule has 4 heteroatoms. The lowest BCUT2D eigenvalue weighted by molar-refractivity contribution is 0.531. The van der Waals surface area contributed by atoms with E-state index in [1.165, 1.54) is 5.56 Å². The Bertz CT molecular complexity index is 597. The molecule has 0 fully saturated rings. The van der Waals surface area contributed by atoms with Crippen LogP contribution in [-0.4, -0.2) is 16.3 Å². The first kappa shape index (κ1) is 11.3. The van der Waals surface area contributed by atoms with E-state index in [1.807, 2.05) is 22.9 Å². The molecule has 1 aliphatic heterocycles. The average molecular weight is 243 g/mol. The van der Waals surface area contributed by atoms with Crippen molar-refractivity contribution in [1.82, 2.24) is 15.1 Å². The van der Waals surface area contributed by atoms with Crippen LogP contribution in [0.1, 0.15) is 29.7 Å². The third-order valence-electron chi connectivity index (χ3n) is 3.54. The zero-order chi connectivity index (χ0) is 12.5. The van der Waals surface area contributed by atoms with Gasteiger partial charge in [-0.2, -0.15) is 0 Å². The SMILES string of the molecule is CC1CNCc2c1c(=O)[nH]n2Cc1ccccc1. The molecule has 0 bridgehead atoms. The Kier molecular flexibility index (Phi) is 2.80. The number of hydrogen-bond donors (Lipinski definition) is 2. The molecule has 2 heterocycles. The molecule has 3 rings (SSSR count). The van der Waals surface area contributed by atoms with E-state index < -0.39 is 0 Å². The third-order valence-corrected chi connectivity index (χ3v) is 3.54. The molecular weight excluding hydrogens is 226 g/mol. The minimum atomic E-state index is 0.0648. The summed E-state index contributed by atoms with van der Waals surface area (Å²) in [6, 6.07) is 10.2. The quantitative estimate of drug-likeness (QED) is 0.838. The van der Waals surface area contributed by atoms with Gasteiger partial charge in [0.2, 0.25) is 0 Å². The van der Waals surface area contributed by atoms with Crippen molar-refractivity contribution in [1.29, 1.82) is 0 Å². The smallest absolute Gasteiger partial charge is 0.267 e. The van der Waals surface area contributed by atoms with Crippen molar-refractivity contribution in [3.05, 3.63) is 57.5 Å². The van der Waals surface area contributed by atoms with E-state index in [9.17, 15) is 4.79 Å². The normalized spacial score (nSPS) is 18.6. The van der Waals surface area contributed by atoms with Gasteiger partial charge >= 0.3 is 0 Å². The summed E-state index contributed by atoms with van der Waals surface area (Å²) in [5.74, 6) is 0.287. The van der Waals surface area contributed by atoms with Gasteiger partial charge < -0.3 is 5.32 Å². The van der Waals surface area contributed by atoms with Crippen LogP contribution in [-0.2, 0) is 13.1 Å². The summed E-state index contributed by atoms with van der Waals surface area (Å²) in [6.07, 6.45) is 0. The molecule has 0 spiro atoms. The van der Waals surface area contributed by atoms with Gasteiger partial charge in [-0.1, -0.05) is 37.3 Å². The maximum Gasteiger partial charge on any atom is 0.267 e. The topological polar surface area (TPSA) is 49.8 Å². The van der Waals surface area contributed by atoms with Crippen LogP contribution < -0.4 is 10.9 Å². The summed E-state index contributed by atoms with van der Waals surface area (Å²) in [6.45, 7) is 4.46. The van der Waals surface area contributed by atoms with Crippen molar-refractivity contribution >= 4 is 0 Å². The number of nitrogens with one attached hydrogen (secondary N) is 2. The third kappa shape index (κ3) is 1.88. The van der Waals surface area contributed by atoms with Crippen LogP contribution in [0.3, 0.4) is 0 Å². The van der Waals surface area contributed by atoms with E-state index in [1.54, 1.807) is 0 Å². The van der Waals surface area contributed by atoms with Crippen molar-refractivity contribution in [2.24, 2.45) is 0 Å². The van der Waals surface area contributed by atoms with Crippen LogP contribution in [0.4, 0.5) is 0 Å². The monoisotopic (exact) mass is 243 g/mol. The van der Waals surface area contributed by atoms with Gasteiger partial charge in [-0.05, 0) is 5.56 Å². The van der Waals surface area contributed by atoms with Gasteiger partial charge in [0.25, 0.3) is 5.56 Å². The number of nitrogens with zero attached hydrogens (tertiary/aromatic N) is 1. The van der Waals surface area contributed by atoms with Crippen LogP contribution in [0.5, 0.6) is 0 Å². The zero-order valence-electron chi connectivity index (χ0n) is 10.4. The van der Waals surface area contributed by atoms with Crippen molar-refractivity contribution in [3.8, 4) is 0 Å². The van der Waals surface area contributed by atoms with E-state index >= 15 is 0 Å². The number of aromatic nitrogens is 2. The van der Waals surface area contributed by atoms with Crippen molar-refractivity contribution in [2.75, 3.05) is 6.54 Å². The molecule has 1 unspecified atom stereocenters. The Morgan fingerprint density at radius 1 is 1.33 bits per heavy atom. The van der Waals surface area contributed by atoms with Crippen LogP contribution >= 0.6 is 0 Å². The first-order valence-electron chi connectivity index (χ1n) is 6.32. The summed E-state index contributed by atoms with van der Waals surface area (Å²) < 4.78 is 1.97. The average Bonchev–Trinajstić information content (AvgIpc) is 2.69. The maximum atomic E-state index is 12.0. The van der Waals surface area contributed by atoms with E-state index in [2.05, 4.69) is 29.5 Å². The maximum absolute atomic E-state index is 12.0. The standard InChI is InChI=1S/C14H17N3O/c1-10-7-15-8-12-13(10)14(18)16-17(12)9-11-5-3-2-4-6-11/h2-6,10,15H,7-9H2,1H3,(H,16,18). The summed E-state index contributed by atoms with van der Waals surface area (Å²) in [5, 5.41) is 6.31. The summed E-state index contributed by atoms with van der Waals surface area (Å²) >= 11 is 0. The summed E-state index contributed by atoms with van der Waals surface area (Å²) in [5.41, 5.74) is 3.31. The minimum Gasteiger partial charge on any atom is -0.311 e. The highest BCUT2D eigenvalue weighted by Crippen LogP contribution is 2.20. The van der Waals surface area contributed by atoms with Gasteiger partial charge in [0.05, 0.1) is 12.2 Å². The van der Waals surface area contributed by atoms with Crippen molar-refractivity contribution in [3.63, 3.8) is 0 Å². The molecule has 18 heavy (non-hydrogen) atoms. The molecule has 0 amide bonds. The molecule has 94 valence electrons. The molecule has 1 aliphatic rings. The lowest BCUT2D eigenvalue weighted by atomic mass is 9.98. The second-order valence-electron chi connectivity index (χ2n) is 4.90. The highest BCUT2D eigenvalue weighted by atomic mass is 16.1. The van der Waals surface area contributed by atoms with Crippen molar-refractivity contribution in [2.45, 2.75) is 25.9 Å². The molecule has 0 saturated heterocycles. The molecule has 2 N–H and O–H groups in total. The Labute approximate surface area is 106 Å². The van der Waals surface area contributed by atoms with Crippen LogP contribution in [0, 0.1) is 0 Å². The predicted octanol–water partition coefficient (Wildman–Crippen LogP) is 1.43. The van der Waals surface area contributed by atoms with Crippen molar-refractivity contribution < 1.29 is 0 Å². The lowest BCUT2D eigenvalue weighted by Crippen LogP contribution is -2.29. The molecule has 0 aliphatic carbocycles. The van der Waals surface area contributed by atoms with Crippen LogP contribution in [0.15, 0.2) is 35.1 Å². The molecule has 1 aromatic heterocycles. The molecule has 0 saturated carbocycles. The Balaban J connectivity index is 1.99. The Morgan fingerprint density at radius 3 is 2.89 bits per heavy atom. The van der Waals surface area contributed by atoms with Crippen LogP contribution in [0.2, 0.25) is 0 Å². The summed E-state index contributed by atoms with van der Waals surface area (Å²) in [7, 11) is 0. The van der Waals surface area contributed by atoms with Gasteiger partial charge in [-0.15, -0.1) is 0 Å². The molecular formula is C14H17N3O. The predicted molar refractivity (Wildman–Crippen MR) is 70.7 cm³/mol. The number of aromatic amines is 1. The fraction of sp³-hybridized carbons (Fsp3) is 0.357. The van der Waals surface area contributed by atoms with Gasteiger partial charge in [-0.25, -0.2) is 0 Å². The van der Waals surface area contributed by atoms with E-state index in [0.29, 0.717) is 0 Å². The van der Waals surface area contributed by atoms with E-state index in [0.717, 1.165) is 30.9 Å². The fourth-order valence-electron chi connectivity index (χ4n) is 2.64. The number of H-pyrrole nitrogens is 1. The summed E-state index contributed by atoms with van der Waals surface area (Å²) in [4.78, 5) is 12.0. The van der Waals surface area contributed by atoms with Crippen LogP contribution in [0.25, 0.3) is 0 Å². The Morgan fingerprint density at radius 2 is 2.11 bits per heavy atom. The first-order chi connectivity index (χ1) is 8.75. The largest absolute Gasteiger partial charge is 0.311 e. The number of benzene rings is 1. The van der Waals surface area contributed by atoms with Gasteiger partial charge in [0, 0.05) is 24.6 Å².